The van der Waals surface area contributed by atoms with Gasteiger partial charge in [0.1, 0.15) is 29.4 Å². The highest BCUT2D eigenvalue weighted by atomic mass is 32.2. The van der Waals surface area contributed by atoms with Gasteiger partial charge >= 0.3 is 0 Å². The van der Waals surface area contributed by atoms with Crippen LogP contribution in [-0.4, -0.2) is 46.4 Å². The molecule has 0 aliphatic carbocycles. The minimum absolute atomic E-state index is 0.324. The molecule has 0 aromatic heterocycles. The molecule has 1 unspecified atom stereocenters. The van der Waals surface area contributed by atoms with E-state index in [1.165, 1.54) is 0 Å². The van der Waals surface area contributed by atoms with Gasteiger partial charge in [-0.2, -0.15) is 0 Å². The van der Waals surface area contributed by atoms with Crippen molar-refractivity contribution in [1.29, 1.82) is 0 Å². The molecule has 1 atom stereocenters. The third-order valence-electron chi connectivity index (χ3n) is 5.13. The smallest absolute Gasteiger partial charge is 0.241 e. The van der Waals surface area contributed by atoms with E-state index in [0.29, 0.717) is 36.0 Å². The van der Waals surface area contributed by atoms with Gasteiger partial charge in [-0.25, -0.2) is 8.42 Å². The third-order valence-corrected chi connectivity index (χ3v) is 6.26. The molecule has 9 heteroatoms. The monoisotopic (exact) mass is 462 g/mol. The number of rotatable bonds is 8. The summed E-state index contributed by atoms with van der Waals surface area (Å²) in [7, 11) is -2.16. The number of nitrogens with one attached hydrogen (secondary N) is 1. The lowest BCUT2D eigenvalue weighted by Crippen LogP contribution is -2.45. The summed E-state index contributed by atoms with van der Waals surface area (Å²) in [6, 6.07) is 11.9. The predicted octanol–water partition coefficient (Wildman–Crippen LogP) is 3.28. The van der Waals surface area contributed by atoms with E-state index in [1.54, 1.807) is 43.5 Å². The number of fused-ring (bicyclic) bond motifs is 1. The predicted molar refractivity (Wildman–Crippen MR) is 123 cm³/mol. The number of ether oxygens (including phenoxy) is 3. The average Bonchev–Trinajstić information content (AvgIpc) is 2.70. The van der Waals surface area contributed by atoms with Crippen molar-refractivity contribution >= 4 is 21.6 Å². The van der Waals surface area contributed by atoms with Gasteiger partial charge in [0.15, 0.2) is 0 Å². The number of amides is 1. The molecule has 0 fully saturated rings. The first-order chi connectivity index (χ1) is 15.0. The number of hydrogen-bond donors (Lipinski definition) is 1. The number of hydrogen-bond acceptors (Lipinski definition) is 6. The maximum Gasteiger partial charge on any atom is 0.241 e. The van der Waals surface area contributed by atoms with Crippen molar-refractivity contribution in [3.63, 3.8) is 0 Å². The van der Waals surface area contributed by atoms with Crippen molar-refractivity contribution in [2.75, 3.05) is 30.8 Å². The summed E-state index contributed by atoms with van der Waals surface area (Å²) in [5.41, 5.74) is 0.624. The van der Waals surface area contributed by atoms with Crippen LogP contribution in [0.1, 0.15) is 38.8 Å². The number of sulfonamides is 1. The summed E-state index contributed by atoms with van der Waals surface area (Å²) < 4.78 is 43.1. The number of anilines is 1. The quantitative estimate of drug-likeness (QED) is 0.647. The minimum Gasteiger partial charge on any atom is -0.497 e. The first kappa shape index (κ1) is 23.7. The Morgan fingerprint density at radius 1 is 1.25 bits per heavy atom. The van der Waals surface area contributed by atoms with Crippen molar-refractivity contribution < 1.29 is 27.4 Å². The normalized spacial score (nSPS) is 17.0. The van der Waals surface area contributed by atoms with Crippen LogP contribution in [0, 0.1) is 0 Å². The van der Waals surface area contributed by atoms with Crippen LogP contribution < -0.4 is 23.8 Å². The third kappa shape index (κ3) is 5.45. The van der Waals surface area contributed by atoms with E-state index in [4.69, 9.17) is 14.2 Å². The first-order valence-electron chi connectivity index (χ1n) is 10.4. The fraction of sp³-hybridized carbons (Fsp3) is 0.435. The van der Waals surface area contributed by atoms with Gasteiger partial charge < -0.3 is 19.5 Å². The van der Waals surface area contributed by atoms with Crippen molar-refractivity contribution in [2.24, 2.45) is 0 Å². The van der Waals surface area contributed by atoms with Crippen molar-refractivity contribution in [2.45, 2.75) is 38.8 Å². The Labute approximate surface area is 189 Å². The number of para-hydroxylation sites is 2. The van der Waals surface area contributed by atoms with Crippen LogP contribution in [0.4, 0.5) is 5.69 Å². The van der Waals surface area contributed by atoms with Crippen LogP contribution in [0.25, 0.3) is 0 Å². The van der Waals surface area contributed by atoms with Crippen LogP contribution in [0.2, 0.25) is 0 Å². The highest BCUT2D eigenvalue weighted by Gasteiger charge is 2.35. The number of carbonyl (C=O) groups is 1. The summed E-state index contributed by atoms with van der Waals surface area (Å²) in [5, 5.41) is 2.99. The number of carbonyl (C=O) groups excluding carboxylic acids is 1. The average molecular weight is 463 g/mol. The molecule has 32 heavy (non-hydrogen) atoms. The largest absolute Gasteiger partial charge is 0.497 e. The maximum atomic E-state index is 13.0. The second-order valence-corrected chi connectivity index (χ2v) is 10.2. The second kappa shape index (κ2) is 9.28. The summed E-state index contributed by atoms with van der Waals surface area (Å²) in [6.45, 7) is 5.70. The number of methoxy groups -OCH3 is 1. The zero-order valence-electron chi connectivity index (χ0n) is 19.0. The molecular formula is C23H30N2O6S. The highest BCUT2D eigenvalue weighted by molar-refractivity contribution is 7.92. The molecule has 0 bridgehead atoms. The first-order valence-corrected chi connectivity index (χ1v) is 12.2. The Kier molecular flexibility index (Phi) is 6.88. The van der Waals surface area contributed by atoms with Crippen LogP contribution >= 0.6 is 0 Å². The minimum atomic E-state index is -3.74. The van der Waals surface area contributed by atoms with Gasteiger partial charge in [-0.1, -0.05) is 12.1 Å². The Morgan fingerprint density at radius 2 is 1.97 bits per heavy atom. The van der Waals surface area contributed by atoms with Crippen LogP contribution in [0.3, 0.4) is 0 Å². The van der Waals surface area contributed by atoms with E-state index in [2.05, 4.69) is 5.32 Å². The van der Waals surface area contributed by atoms with Crippen molar-refractivity contribution in [3.8, 4) is 17.2 Å². The van der Waals surface area contributed by atoms with Crippen molar-refractivity contribution in [1.82, 2.24) is 5.32 Å². The molecule has 2 aromatic carbocycles. The summed E-state index contributed by atoms with van der Waals surface area (Å²) in [5.74, 6) is 1.26. The molecule has 0 saturated carbocycles. The zero-order chi connectivity index (χ0) is 23.5. The van der Waals surface area contributed by atoms with Gasteiger partial charge in [-0.15, -0.1) is 0 Å². The lowest BCUT2D eigenvalue weighted by Gasteiger charge is -2.38. The van der Waals surface area contributed by atoms with E-state index in [0.717, 1.165) is 16.1 Å². The molecule has 0 saturated heterocycles. The maximum absolute atomic E-state index is 13.0. The fourth-order valence-corrected chi connectivity index (χ4v) is 4.64. The molecule has 8 nitrogen and oxygen atoms in total. The van der Waals surface area contributed by atoms with Gasteiger partial charge in [0.05, 0.1) is 31.7 Å². The van der Waals surface area contributed by atoms with Gasteiger partial charge in [-0.3, -0.25) is 9.10 Å². The molecule has 2 aromatic rings. The standard InChI is InChI=1S/C23H30N2O6S/c1-6-30-20-10-8-7-9-19(20)25(32(5,27)28)15-22(26)24-18-14-23(2,3)31-21-13-16(29-4)11-12-17(18)21/h7-13,18H,6,14-15H2,1-5H3,(H,24,26). The molecule has 1 N–H and O–H groups in total. The molecular weight excluding hydrogens is 432 g/mol. The van der Waals surface area contributed by atoms with Crippen molar-refractivity contribution in [3.05, 3.63) is 48.0 Å². The molecule has 1 aliphatic rings. The fourth-order valence-electron chi connectivity index (χ4n) is 3.78. The van der Waals surface area contributed by atoms with Crippen LogP contribution in [-0.2, 0) is 14.8 Å². The Bertz CT molecular complexity index is 1080. The lowest BCUT2D eigenvalue weighted by atomic mass is 9.89. The molecule has 0 radical (unpaired) electrons. The van der Waals surface area contributed by atoms with Crippen LogP contribution in [0.15, 0.2) is 42.5 Å². The molecule has 3 rings (SSSR count). The summed E-state index contributed by atoms with van der Waals surface area (Å²) in [6.07, 6.45) is 1.61. The Balaban J connectivity index is 1.86. The van der Waals surface area contributed by atoms with E-state index in [-0.39, 0.29) is 12.6 Å². The number of nitrogens with zero attached hydrogens (tertiary/aromatic N) is 1. The molecule has 174 valence electrons. The van der Waals surface area contributed by atoms with Gasteiger partial charge in [0.2, 0.25) is 15.9 Å². The highest BCUT2D eigenvalue weighted by Crippen LogP contribution is 2.41. The van der Waals surface area contributed by atoms with Gasteiger partial charge in [0.25, 0.3) is 0 Å². The molecule has 1 amide bonds. The van der Waals surface area contributed by atoms with Gasteiger partial charge in [0, 0.05) is 18.1 Å². The van der Waals surface area contributed by atoms with E-state index < -0.39 is 21.5 Å². The zero-order valence-corrected chi connectivity index (χ0v) is 19.9. The van der Waals surface area contributed by atoms with Crippen LogP contribution in [0.5, 0.6) is 17.2 Å². The van der Waals surface area contributed by atoms with E-state index >= 15 is 0 Å². The topological polar surface area (TPSA) is 94.2 Å². The van der Waals surface area contributed by atoms with E-state index in [1.807, 2.05) is 26.8 Å². The SMILES string of the molecule is CCOc1ccccc1N(CC(=O)NC1CC(C)(C)Oc2cc(OC)ccc21)S(C)(=O)=O. The summed E-state index contributed by atoms with van der Waals surface area (Å²) >= 11 is 0. The molecule has 0 spiro atoms. The Morgan fingerprint density at radius 3 is 2.62 bits per heavy atom. The Hall–Kier alpha value is -2.94. The summed E-state index contributed by atoms with van der Waals surface area (Å²) in [4.78, 5) is 13.0. The second-order valence-electron chi connectivity index (χ2n) is 8.26. The lowest BCUT2D eigenvalue weighted by molar-refractivity contribution is -0.120. The molecule has 1 heterocycles. The molecule has 1 aliphatic heterocycles. The van der Waals surface area contributed by atoms with Gasteiger partial charge in [-0.05, 0) is 45.0 Å². The van der Waals surface area contributed by atoms with E-state index in [9.17, 15) is 13.2 Å². The number of benzene rings is 2.